The van der Waals surface area contributed by atoms with E-state index in [-0.39, 0.29) is 0 Å². The molecule has 3 aromatic carbocycles. The summed E-state index contributed by atoms with van der Waals surface area (Å²) in [6, 6.07) is 15.6. The van der Waals surface area contributed by atoms with Crippen LogP contribution in [0.15, 0.2) is 60.7 Å². The second-order valence-electron chi connectivity index (χ2n) is 17.3. The third-order valence-electron chi connectivity index (χ3n) is 7.92. The summed E-state index contributed by atoms with van der Waals surface area (Å²) in [6.45, 7) is 19.9. The molecule has 2 unspecified atom stereocenters. The minimum atomic E-state index is -1.04. The Labute approximate surface area is 317 Å². The Bertz CT molecular complexity index is 1870. The summed E-state index contributed by atoms with van der Waals surface area (Å²) >= 11 is 0. The van der Waals surface area contributed by atoms with Crippen molar-refractivity contribution in [2.24, 2.45) is 10.8 Å². The summed E-state index contributed by atoms with van der Waals surface area (Å²) < 4.78 is 21.2. The summed E-state index contributed by atoms with van der Waals surface area (Å²) in [5, 5.41) is 6.76. The van der Waals surface area contributed by atoms with Crippen LogP contribution in [0.3, 0.4) is 0 Å². The first-order chi connectivity index (χ1) is 24.7. The molecule has 54 heavy (non-hydrogen) atoms. The molecule has 0 aliphatic rings. The fourth-order valence-corrected chi connectivity index (χ4v) is 5.16. The number of nitrogens with one attached hydrogen (secondary N) is 2. The Balaban J connectivity index is 1.63. The van der Waals surface area contributed by atoms with Gasteiger partial charge in [-0.15, -0.1) is 0 Å². The summed E-state index contributed by atoms with van der Waals surface area (Å²) in [5.41, 5.74) is -0.513. The van der Waals surface area contributed by atoms with Gasteiger partial charge in [-0.3, -0.25) is 9.59 Å². The van der Waals surface area contributed by atoms with Gasteiger partial charge in [-0.05, 0) is 86.4 Å². The maximum absolute atomic E-state index is 13.0. The number of hydrogen-bond donors (Lipinski definition) is 2. The fourth-order valence-electron chi connectivity index (χ4n) is 5.16. The van der Waals surface area contributed by atoms with Crippen molar-refractivity contribution in [3.8, 4) is 11.1 Å². The third kappa shape index (κ3) is 13.0. The molecule has 2 atom stereocenters. The van der Waals surface area contributed by atoms with Gasteiger partial charge >= 0.3 is 24.1 Å². The monoisotopic (exact) mass is 746 g/mol. The van der Waals surface area contributed by atoms with Gasteiger partial charge in [0.05, 0.1) is 0 Å². The highest BCUT2D eigenvalue weighted by molar-refractivity contribution is 6.02. The molecule has 0 heterocycles. The van der Waals surface area contributed by atoms with Crippen LogP contribution >= 0.6 is 0 Å². The van der Waals surface area contributed by atoms with E-state index in [4.69, 9.17) is 18.9 Å². The van der Waals surface area contributed by atoms with E-state index in [9.17, 15) is 28.8 Å². The van der Waals surface area contributed by atoms with Crippen LogP contribution < -0.4 is 10.6 Å². The van der Waals surface area contributed by atoms with Crippen LogP contribution in [0.2, 0.25) is 0 Å². The topological polar surface area (TPSA) is 163 Å². The maximum atomic E-state index is 13.0. The zero-order valence-corrected chi connectivity index (χ0v) is 33.4. The second-order valence-corrected chi connectivity index (χ2v) is 17.3. The zero-order valence-electron chi connectivity index (χ0n) is 33.4. The number of ether oxygens (including phenoxy) is 4. The predicted octanol–water partition coefficient (Wildman–Crippen LogP) is 7.84. The Hall–Kier alpha value is -5.26. The lowest BCUT2D eigenvalue weighted by Gasteiger charge is -2.30. The smallest absolute Gasteiger partial charge is 0.408 e. The molecule has 0 aliphatic carbocycles. The van der Waals surface area contributed by atoms with Crippen molar-refractivity contribution in [1.29, 1.82) is 0 Å². The van der Waals surface area contributed by atoms with E-state index in [1.54, 1.807) is 126 Å². The highest BCUT2D eigenvalue weighted by atomic mass is 16.6. The number of ketones is 2. The molecule has 12 heteroatoms. The van der Waals surface area contributed by atoms with Crippen LogP contribution in [0.5, 0.6) is 0 Å². The van der Waals surface area contributed by atoms with Gasteiger partial charge in [-0.25, -0.2) is 19.2 Å². The van der Waals surface area contributed by atoms with E-state index in [1.165, 1.54) is 0 Å². The molecule has 0 bridgehead atoms. The molecule has 0 saturated heterocycles. The molecule has 0 saturated carbocycles. The fraction of sp³-hybridized carbons (Fsp3) is 0.476. The number of alkyl carbamates (subject to hydrolysis) is 2. The largest absolute Gasteiger partial charge is 0.456 e. The minimum absolute atomic E-state index is 0.345. The molecule has 0 aliphatic heterocycles. The van der Waals surface area contributed by atoms with Crippen LogP contribution in [-0.2, 0) is 28.5 Å². The van der Waals surface area contributed by atoms with Gasteiger partial charge in [-0.1, -0.05) is 90.1 Å². The average Bonchev–Trinajstić information content (AvgIpc) is 3.04. The van der Waals surface area contributed by atoms with Gasteiger partial charge in [0, 0.05) is 11.1 Å². The lowest BCUT2D eigenvalue weighted by atomic mass is 9.87. The van der Waals surface area contributed by atoms with Gasteiger partial charge < -0.3 is 29.6 Å². The molecule has 0 aromatic heterocycles. The van der Waals surface area contributed by atoms with Crippen molar-refractivity contribution in [1.82, 2.24) is 10.6 Å². The van der Waals surface area contributed by atoms with E-state index in [2.05, 4.69) is 10.6 Å². The summed E-state index contributed by atoms with van der Waals surface area (Å²) in [6.07, 6.45) is -1.52. The highest BCUT2D eigenvalue weighted by Gasteiger charge is 2.37. The van der Waals surface area contributed by atoms with Crippen LogP contribution in [0, 0.1) is 10.8 Å². The third-order valence-corrected chi connectivity index (χ3v) is 7.92. The van der Waals surface area contributed by atoms with Crippen molar-refractivity contribution in [3.63, 3.8) is 0 Å². The number of rotatable bonds is 11. The van der Waals surface area contributed by atoms with Gasteiger partial charge in [0.25, 0.3) is 0 Å². The van der Waals surface area contributed by atoms with Crippen molar-refractivity contribution in [2.75, 3.05) is 13.2 Å². The number of Topliss-reactive ketones (excluding diaryl/α,β-unsaturated/α-hetero) is 2. The highest BCUT2D eigenvalue weighted by Crippen LogP contribution is 2.27. The SMILES string of the molecule is CC(C)(C)OC(=O)NC(C(=O)OCC(=O)c1ccc(-c2ccc3cc(C(=O)COC(=O)C(NC(=O)OC(C)(C)C)C(C)(C)C)ccc3c2)cc1)C(C)(C)C. The number of amides is 2. The molecule has 3 aromatic rings. The lowest BCUT2D eigenvalue weighted by Crippen LogP contribution is -2.51. The average molecular weight is 747 g/mol. The number of esters is 2. The molecule has 3 rings (SSSR count). The van der Waals surface area contributed by atoms with Crippen LogP contribution in [0.25, 0.3) is 21.9 Å². The molecule has 12 nitrogen and oxygen atoms in total. The first kappa shape index (κ1) is 43.1. The van der Waals surface area contributed by atoms with Crippen LogP contribution in [-0.4, -0.2) is 72.2 Å². The quantitative estimate of drug-likeness (QED) is 0.112. The number of carbonyl (C=O) groups excluding carboxylic acids is 6. The summed E-state index contributed by atoms with van der Waals surface area (Å²) in [4.78, 5) is 76.5. The Morgan fingerprint density at radius 3 is 1.30 bits per heavy atom. The standard InChI is InChI=1S/C42H54N2O10/c1-39(2,3)33(43-37(49)53-41(7,8)9)35(47)51-23-31(45)26-15-13-25(14-16-26)27-17-18-29-22-30(20-19-28(29)21-27)32(46)24-52-36(48)34(40(4,5)6)44-38(50)54-42(10,11)12/h13-22,33-34H,23-24H2,1-12H3,(H,43,49)(H,44,50). The second kappa shape index (κ2) is 16.8. The normalized spacial score (nSPS) is 13.3. The molecule has 2 amide bonds. The first-order valence-electron chi connectivity index (χ1n) is 17.8. The maximum Gasteiger partial charge on any atom is 0.408 e. The zero-order chi connectivity index (χ0) is 40.8. The lowest BCUT2D eigenvalue weighted by molar-refractivity contribution is -0.148. The number of hydrogen-bond acceptors (Lipinski definition) is 10. The predicted molar refractivity (Wildman–Crippen MR) is 205 cm³/mol. The number of benzene rings is 3. The van der Waals surface area contributed by atoms with Crippen LogP contribution in [0.4, 0.5) is 9.59 Å². The molecular formula is C42H54N2O10. The molecule has 2 N–H and O–H groups in total. The number of carbonyl (C=O) groups is 6. The summed E-state index contributed by atoms with van der Waals surface area (Å²) in [7, 11) is 0. The Morgan fingerprint density at radius 2 is 0.870 bits per heavy atom. The van der Waals surface area contributed by atoms with Crippen molar-refractivity contribution < 1.29 is 47.7 Å². The van der Waals surface area contributed by atoms with Crippen molar-refractivity contribution >= 4 is 46.5 Å². The molecule has 0 radical (unpaired) electrons. The van der Waals surface area contributed by atoms with E-state index < -0.39 is 83.0 Å². The number of fused-ring (bicyclic) bond motifs is 1. The first-order valence-corrected chi connectivity index (χ1v) is 17.8. The Kier molecular flexibility index (Phi) is 13.4. The van der Waals surface area contributed by atoms with Gasteiger partial charge in [0.1, 0.15) is 23.3 Å². The molecular weight excluding hydrogens is 692 g/mol. The molecule has 0 spiro atoms. The van der Waals surface area contributed by atoms with E-state index in [0.717, 1.165) is 21.9 Å². The minimum Gasteiger partial charge on any atom is -0.456 e. The van der Waals surface area contributed by atoms with Crippen LogP contribution in [0.1, 0.15) is 104 Å². The van der Waals surface area contributed by atoms with Gasteiger partial charge in [-0.2, -0.15) is 0 Å². The van der Waals surface area contributed by atoms with E-state index in [1.807, 2.05) is 18.2 Å². The van der Waals surface area contributed by atoms with Gasteiger partial charge in [0.15, 0.2) is 24.8 Å². The molecule has 0 fully saturated rings. The Morgan fingerprint density at radius 1 is 0.500 bits per heavy atom. The van der Waals surface area contributed by atoms with Gasteiger partial charge in [0.2, 0.25) is 0 Å². The van der Waals surface area contributed by atoms with Crippen molar-refractivity contribution in [3.05, 3.63) is 71.8 Å². The molecule has 292 valence electrons. The van der Waals surface area contributed by atoms with Crippen molar-refractivity contribution in [2.45, 2.75) is 106 Å². The summed E-state index contributed by atoms with van der Waals surface area (Å²) in [5.74, 6) is -2.31. The van der Waals surface area contributed by atoms with E-state index >= 15 is 0 Å². The van der Waals surface area contributed by atoms with E-state index in [0.29, 0.717) is 11.1 Å².